The standard InChI is InChI=1S/C35H55NO5/c1-24(2)36(5)34(39)40-21-13-11-9-7-6-8-10-12-14-27-23-35(4)31(19-20-32(35)41-25(3)37)30-17-15-26-22-28(38)16-18-29(26)33(27)30/h22,24,27,30-32H,6-21,23H2,1-5H3/t27-,30-,31-,32-,35-/m0/s1. The van der Waals surface area contributed by atoms with Gasteiger partial charge in [0.25, 0.3) is 0 Å². The average Bonchev–Trinajstić information content (AvgIpc) is 3.25. The second-order valence-electron chi connectivity index (χ2n) is 13.8. The molecule has 2 fully saturated rings. The first-order valence-electron chi connectivity index (χ1n) is 16.6. The maximum atomic E-state index is 12.2. The number of ether oxygens (including phenoxy) is 2. The Balaban J connectivity index is 1.25. The van der Waals surface area contributed by atoms with Crippen molar-refractivity contribution in [3.8, 4) is 0 Å². The van der Waals surface area contributed by atoms with E-state index in [4.69, 9.17) is 9.47 Å². The molecule has 6 heteroatoms. The third-order valence-corrected chi connectivity index (χ3v) is 10.8. The third kappa shape index (κ3) is 7.65. The summed E-state index contributed by atoms with van der Waals surface area (Å²) in [5.41, 5.74) is 4.62. The van der Waals surface area contributed by atoms with E-state index in [-0.39, 0.29) is 29.6 Å². The van der Waals surface area contributed by atoms with Gasteiger partial charge in [0.1, 0.15) is 6.10 Å². The number of allylic oxidation sites excluding steroid dienone is 4. The number of carbonyl (C=O) groups is 3. The smallest absolute Gasteiger partial charge is 0.409 e. The van der Waals surface area contributed by atoms with Crippen LogP contribution in [0, 0.1) is 23.2 Å². The van der Waals surface area contributed by atoms with Crippen molar-refractivity contribution in [1.82, 2.24) is 4.90 Å². The van der Waals surface area contributed by atoms with Crippen molar-refractivity contribution >= 4 is 17.8 Å². The highest BCUT2D eigenvalue weighted by atomic mass is 16.6. The zero-order valence-corrected chi connectivity index (χ0v) is 26.5. The zero-order chi connectivity index (χ0) is 29.6. The normalized spacial score (nSPS) is 29.0. The van der Waals surface area contributed by atoms with Crippen LogP contribution in [0.4, 0.5) is 4.79 Å². The predicted molar refractivity (Wildman–Crippen MR) is 162 cm³/mol. The summed E-state index contributed by atoms with van der Waals surface area (Å²) in [7, 11) is 1.78. The first-order chi connectivity index (χ1) is 19.6. The number of unbranched alkanes of at least 4 members (excludes halogenated alkanes) is 7. The first kappa shape index (κ1) is 31.8. The van der Waals surface area contributed by atoms with Crippen molar-refractivity contribution in [3.63, 3.8) is 0 Å². The molecule has 0 aromatic rings. The monoisotopic (exact) mass is 569 g/mol. The van der Waals surface area contributed by atoms with Crippen LogP contribution in [-0.4, -0.2) is 48.5 Å². The van der Waals surface area contributed by atoms with Gasteiger partial charge in [-0.25, -0.2) is 4.79 Å². The number of nitrogens with zero attached hydrogens (tertiary/aromatic N) is 1. The summed E-state index contributed by atoms with van der Waals surface area (Å²) in [5, 5.41) is 0. The fourth-order valence-electron chi connectivity index (χ4n) is 8.46. The van der Waals surface area contributed by atoms with Gasteiger partial charge in [0.2, 0.25) is 0 Å². The Hall–Kier alpha value is -2.11. The van der Waals surface area contributed by atoms with Crippen molar-refractivity contribution in [1.29, 1.82) is 0 Å². The number of hydrogen-bond donors (Lipinski definition) is 0. The van der Waals surface area contributed by atoms with Crippen LogP contribution < -0.4 is 0 Å². The Kier molecular flexibility index (Phi) is 11.2. The lowest BCUT2D eigenvalue weighted by Gasteiger charge is -2.52. The van der Waals surface area contributed by atoms with Gasteiger partial charge in [-0.1, -0.05) is 57.4 Å². The molecule has 2 saturated carbocycles. The average molecular weight is 570 g/mol. The van der Waals surface area contributed by atoms with Crippen LogP contribution in [0.5, 0.6) is 0 Å². The number of carbonyl (C=O) groups excluding carboxylic acids is 3. The summed E-state index contributed by atoms with van der Waals surface area (Å²) >= 11 is 0. The van der Waals surface area contributed by atoms with Gasteiger partial charge < -0.3 is 14.4 Å². The molecule has 0 spiro atoms. The number of amides is 1. The Morgan fingerprint density at radius 2 is 1.66 bits per heavy atom. The Labute approximate surface area is 248 Å². The third-order valence-electron chi connectivity index (χ3n) is 10.8. The SMILES string of the molecule is CC(=O)O[C@H]1CC[C@H]2[C@@H]3CCC4=CC(=O)CCC4=C3[C@@H](CCCCCCCCCCOC(=O)N(C)C(C)C)C[C@]12C. The second-order valence-corrected chi connectivity index (χ2v) is 13.8. The molecule has 0 aliphatic heterocycles. The molecule has 0 saturated heterocycles. The van der Waals surface area contributed by atoms with Crippen molar-refractivity contribution in [3.05, 3.63) is 22.8 Å². The van der Waals surface area contributed by atoms with Crippen LogP contribution in [0.2, 0.25) is 0 Å². The lowest BCUT2D eigenvalue weighted by molar-refractivity contribution is -0.154. The van der Waals surface area contributed by atoms with Crippen LogP contribution in [-0.2, 0) is 19.1 Å². The summed E-state index contributed by atoms with van der Waals surface area (Å²) in [6.45, 7) is 8.45. The maximum absolute atomic E-state index is 12.2. The zero-order valence-electron chi connectivity index (χ0n) is 26.5. The fourth-order valence-corrected chi connectivity index (χ4v) is 8.46. The summed E-state index contributed by atoms with van der Waals surface area (Å²) in [6.07, 6.45) is 19.5. The second kappa shape index (κ2) is 14.4. The lowest BCUT2D eigenvalue weighted by atomic mass is 9.53. The van der Waals surface area contributed by atoms with Gasteiger partial charge in [0.15, 0.2) is 5.78 Å². The Morgan fingerprint density at radius 3 is 2.34 bits per heavy atom. The molecule has 5 atom stereocenters. The summed E-state index contributed by atoms with van der Waals surface area (Å²) < 4.78 is 11.3. The van der Waals surface area contributed by atoms with Crippen molar-refractivity contribution in [2.24, 2.45) is 23.2 Å². The van der Waals surface area contributed by atoms with Gasteiger partial charge in [-0.3, -0.25) is 9.59 Å². The van der Waals surface area contributed by atoms with Crippen molar-refractivity contribution < 1.29 is 23.9 Å². The highest BCUT2D eigenvalue weighted by molar-refractivity contribution is 5.93. The molecule has 0 aromatic heterocycles. The largest absolute Gasteiger partial charge is 0.462 e. The molecule has 4 aliphatic carbocycles. The van der Waals surface area contributed by atoms with E-state index in [9.17, 15) is 14.4 Å². The molecule has 4 aliphatic rings. The molecule has 41 heavy (non-hydrogen) atoms. The van der Waals surface area contributed by atoms with E-state index in [1.165, 1.54) is 56.1 Å². The molecule has 0 bridgehead atoms. The summed E-state index contributed by atoms with van der Waals surface area (Å²) in [5.74, 6) is 1.88. The van der Waals surface area contributed by atoms with Crippen molar-refractivity contribution in [2.45, 2.75) is 143 Å². The fraction of sp³-hybridized carbons (Fsp3) is 0.800. The molecule has 0 unspecified atom stereocenters. The van der Waals surface area contributed by atoms with Gasteiger partial charge in [-0.05, 0) is 100 Å². The number of ketones is 1. The predicted octanol–water partition coefficient (Wildman–Crippen LogP) is 8.34. The number of esters is 1. The van der Waals surface area contributed by atoms with E-state index in [0.717, 1.165) is 51.4 Å². The minimum absolute atomic E-state index is 0.0450. The summed E-state index contributed by atoms with van der Waals surface area (Å²) in [6, 6.07) is 0.162. The van der Waals surface area contributed by atoms with Gasteiger partial charge in [0.05, 0.1) is 6.61 Å². The van der Waals surface area contributed by atoms with Gasteiger partial charge in [0, 0.05) is 31.8 Å². The molecular weight excluding hydrogens is 514 g/mol. The molecule has 0 radical (unpaired) electrons. The van der Waals surface area contributed by atoms with Crippen molar-refractivity contribution in [2.75, 3.05) is 13.7 Å². The highest BCUT2D eigenvalue weighted by Crippen LogP contribution is 2.63. The van der Waals surface area contributed by atoms with E-state index >= 15 is 0 Å². The molecule has 0 heterocycles. The number of rotatable bonds is 13. The van der Waals surface area contributed by atoms with Gasteiger partial charge in [-0.15, -0.1) is 0 Å². The minimum Gasteiger partial charge on any atom is -0.462 e. The molecule has 4 rings (SSSR count). The molecule has 0 aromatic carbocycles. The van der Waals surface area contributed by atoms with Crippen LogP contribution >= 0.6 is 0 Å². The summed E-state index contributed by atoms with van der Waals surface area (Å²) in [4.78, 5) is 37.7. The Bertz CT molecular complexity index is 1010. The van der Waals surface area contributed by atoms with Crippen LogP contribution in [0.1, 0.15) is 130 Å². The molecule has 1 amide bonds. The van der Waals surface area contributed by atoms with Crippen LogP contribution in [0.25, 0.3) is 0 Å². The molecule has 0 N–H and O–H groups in total. The topological polar surface area (TPSA) is 72.9 Å². The first-order valence-corrected chi connectivity index (χ1v) is 16.6. The Morgan fingerprint density at radius 1 is 0.976 bits per heavy atom. The molecule has 230 valence electrons. The maximum Gasteiger partial charge on any atom is 0.409 e. The van der Waals surface area contributed by atoms with E-state index < -0.39 is 0 Å². The molecule has 6 nitrogen and oxygen atoms in total. The molecular formula is C35H55NO5. The highest BCUT2D eigenvalue weighted by Gasteiger charge is 2.57. The quantitative estimate of drug-likeness (QED) is 0.165. The van der Waals surface area contributed by atoms with E-state index in [1.54, 1.807) is 24.4 Å². The van der Waals surface area contributed by atoms with Crippen LogP contribution in [0.15, 0.2) is 22.8 Å². The van der Waals surface area contributed by atoms with Gasteiger partial charge in [-0.2, -0.15) is 0 Å². The number of fused-ring (bicyclic) bond motifs is 4. The van der Waals surface area contributed by atoms with Crippen LogP contribution in [0.3, 0.4) is 0 Å². The lowest BCUT2D eigenvalue weighted by Crippen LogP contribution is -2.46. The number of hydrogen-bond acceptors (Lipinski definition) is 5. The van der Waals surface area contributed by atoms with E-state index in [0.29, 0.717) is 36.6 Å². The van der Waals surface area contributed by atoms with E-state index in [2.05, 4.69) is 6.92 Å². The van der Waals surface area contributed by atoms with E-state index in [1.807, 2.05) is 19.9 Å². The van der Waals surface area contributed by atoms with Gasteiger partial charge >= 0.3 is 12.1 Å². The minimum atomic E-state index is -0.224.